The monoisotopic (exact) mass is 414 g/mol. The Balaban J connectivity index is 1.56. The van der Waals surface area contributed by atoms with Crippen LogP contribution in [0.25, 0.3) is 10.2 Å². The molecule has 0 radical (unpaired) electrons. The third-order valence-electron chi connectivity index (χ3n) is 4.61. The molecule has 0 bridgehead atoms. The number of aryl methyl sites for hydroxylation is 1. The number of anilines is 1. The molecule has 4 rings (SSSR count). The van der Waals surface area contributed by atoms with E-state index in [1.54, 1.807) is 18.5 Å². The fourth-order valence-corrected chi connectivity index (χ4v) is 3.92. The summed E-state index contributed by atoms with van der Waals surface area (Å²) in [6.07, 6.45) is 5.69. The topological polar surface area (TPSA) is 104 Å². The van der Waals surface area contributed by atoms with Crippen molar-refractivity contribution in [2.24, 2.45) is 0 Å². The molecule has 0 amide bonds. The molecule has 30 heavy (non-hydrogen) atoms. The summed E-state index contributed by atoms with van der Waals surface area (Å²) >= 11 is 1.45. The van der Waals surface area contributed by atoms with E-state index in [1.165, 1.54) is 17.5 Å². The number of thiophene rings is 1. The highest BCUT2D eigenvalue weighted by molar-refractivity contribution is 7.17. The van der Waals surface area contributed by atoms with Crippen LogP contribution in [0.3, 0.4) is 0 Å². The first-order chi connectivity index (χ1) is 14.6. The summed E-state index contributed by atoms with van der Waals surface area (Å²) in [6.45, 7) is 1.97. The lowest BCUT2D eigenvalue weighted by Gasteiger charge is -2.14. The zero-order chi connectivity index (χ0) is 20.9. The van der Waals surface area contributed by atoms with Crippen LogP contribution in [0.1, 0.15) is 46.7 Å². The molecule has 4 heterocycles. The van der Waals surface area contributed by atoms with Gasteiger partial charge in [-0.25, -0.2) is 9.97 Å². The minimum absolute atomic E-state index is 0.0688. The second-order valence-electron chi connectivity index (χ2n) is 6.77. The molecule has 0 aromatic carbocycles. The number of nitrogens with zero attached hydrogens (tertiary/aromatic N) is 5. The summed E-state index contributed by atoms with van der Waals surface area (Å²) in [6, 6.07) is 11.3. The van der Waals surface area contributed by atoms with Crippen molar-refractivity contribution in [3.63, 3.8) is 0 Å². The fourth-order valence-electron chi connectivity index (χ4n) is 3.08. The number of rotatable bonds is 7. The summed E-state index contributed by atoms with van der Waals surface area (Å²) in [5, 5.41) is 14.2. The van der Waals surface area contributed by atoms with E-state index in [0.717, 1.165) is 21.5 Å². The normalized spacial score (nSPS) is 11.7. The molecule has 1 N–H and O–H groups in total. The van der Waals surface area contributed by atoms with Gasteiger partial charge in [0.1, 0.15) is 11.8 Å². The number of hydrogen-bond acceptors (Lipinski definition) is 8. The van der Waals surface area contributed by atoms with Crippen LogP contribution in [0, 0.1) is 11.3 Å². The summed E-state index contributed by atoms with van der Waals surface area (Å²) in [5.74, 6) is 0.330. The molecule has 0 spiro atoms. The van der Waals surface area contributed by atoms with Crippen molar-refractivity contribution in [3.8, 4) is 6.07 Å². The smallest absolute Gasteiger partial charge is 0.224 e. The standard InChI is InChI=1S/C22H18N6OS/c1-14(17-4-2-3-8-25-17)26-22-27-18-7-9-30-21(18)20(28-22)19(29)6-5-15-10-16(11-23)13-24-12-15/h2-4,7-10,12-14H,5-6H2,1H3,(H,26,27,28)/t14-/m0/s1. The second-order valence-corrected chi connectivity index (χ2v) is 7.68. The Hall–Kier alpha value is -3.70. The van der Waals surface area contributed by atoms with Crippen LogP contribution in [-0.4, -0.2) is 25.7 Å². The minimum atomic E-state index is -0.106. The number of nitriles is 1. The Labute approximate surface area is 177 Å². The van der Waals surface area contributed by atoms with Crippen molar-refractivity contribution < 1.29 is 4.79 Å². The highest BCUT2D eigenvalue weighted by Gasteiger charge is 2.18. The summed E-state index contributed by atoms with van der Waals surface area (Å²) in [7, 11) is 0. The zero-order valence-electron chi connectivity index (χ0n) is 16.2. The molecule has 0 fully saturated rings. The van der Waals surface area contributed by atoms with Crippen molar-refractivity contribution in [3.05, 3.63) is 76.8 Å². The molecule has 7 nitrogen and oxygen atoms in total. The summed E-state index contributed by atoms with van der Waals surface area (Å²) < 4.78 is 0.778. The van der Waals surface area contributed by atoms with Gasteiger partial charge in [-0.15, -0.1) is 11.3 Å². The zero-order valence-corrected chi connectivity index (χ0v) is 17.1. The summed E-state index contributed by atoms with van der Waals surface area (Å²) in [4.78, 5) is 30.5. The van der Waals surface area contributed by atoms with E-state index in [-0.39, 0.29) is 18.2 Å². The lowest BCUT2D eigenvalue weighted by atomic mass is 10.1. The Morgan fingerprint density at radius 1 is 1.27 bits per heavy atom. The van der Waals surface area contributed by atoms with Crippen LogP contribution < -0.4 is 5.32 Å². The molecule has 8 heteroatoms. The molecular weight excluding hydrogens is 396 g/mol. The first kappa shape index (κ1) is 19.6. The molecular formula is C22H18N6OS. The predicted molar refractivity (Wildman–Crippen MR) is 115 cm³/mol. The molecule has 0 saturated heterocycles. The average molecular weight is 414 g/mol. The molecule has 0 aliphatic carbocycles. The molecule has 148 valence electrons. The molecule has 4 aromatic rings. The van der Waals surface area contributed by atoms with Crippen molar-refractivity contribution in [2.45, 2.75) is 25.8 Å². The molecule has 0 saturated carbocycles. The third-order valence-corrected chi connectivity index (χ3v) is 5.52. The van der Waals surface area contributed by atoms with E-state index in [4.69, 9.17) is 5.26 Å². The van der Waals surface area contributed by atoms with Crippen LogP contribution in [-0.2, 0) is 6.42 Å². The number of hydrogen-bond donors (Lipinski definition) is 1. The average Bonchev–Trinajstić information content (AvgIpc) is 3.26. The van der Waals surface area contributed by atoms with Gasteiger partial charge in [0.15, 0.2) is 5.78 Å². The number of Topliss-reactive ketones (excluding diaryl/α,β-unsaturated/α-hetero) is 1. The van der Waals surface area contributed by atoms with Gasteiger partial charge in [0.05, 0.1) is 27.5 Å². The van der Waals surface area contributed by atoms with E-state index in [9.17, 15) is 4.79 Å². The number of ketones is 1. The van der Waals surface area contributed by atoms with Crippen LogP contribution in [0.5, 0.6) is 0 Å². The maximum atomic E-state index is 13.0. The maximum Gasteiger partial charge on any atom is 0.224 e. The van der Waals surface area contributed by atoms with E-state index in [2.05, 4.69) is 31.3 Å². The van der Waals surface area contributed by atoms with Gasteiger partial charge in [0, 0.05) is 25.0 Å². The Morgan fingerprint density at radius 3 is 2.97 bits per heavy atom. The van der Waals surface area contributed by atoms with E-state index < -0.39 is 0 Å². The van der Waals surface area contributed by atoms with Crippen molar-refractivity contribution in [1.29, 1.82) is 5.26 Å². The number of pyridine rings is 2. The highest BCUT2D eigenvalue weighted by Crippen LogP contribution is 2.26. The highest BCUT2D eigenvalue weighted by atomic mass is 32.1. The number of carbonyl (C=O) groups is 1. The van der Waals surface area contributed by atoms with Crippen molar-refractivity contribution in [2.75, 3.05) is 5.32 Å². The van der Waals surface area contributed by atoms with Gasteiger partial charge in [0.25, 0.3) is 0 Å². The SMILES string of the molecule is C[C@H](Nc1nc(C(=O)CCc2cncc(C#N)c2)c2sccc2n1)c1ccccn1. The second kappa shape index (κ2) is 8.76. The first-order valence-electron chi connectivity index (χ1n) is 9.44. The van der Waals surface area contributed by atoms with Crippen LogP contribution >= 0.6 is 11.3 Å². The number of carbonyl (C=O) groups excluding carboxylic acids is 1. The third kappa shape index (κ3) is 4.31. The van der Waals surface area contributed by atoms with Crippen LogP contribution in [0.2, 0.25) is 0 Å². The minimum Gasteiger partial charge on any atom is -0.346 e. The van der Waals surface area contributed by atoms with E-state index >= 15 is 0 Å². The lowest BCUT2D eigenvalue weighted by Crippen LogP contribution is -2.13. The molecule has 0 unspecified atom stereocenters. The fraction of sp³-hybridized carbons (Fsp3) is 0.182. The predicted octanol–water partition coefficient (Wildman–Crippen LogP) is 4.34. The molecule has 1 atom stereocenters. The van der Waals surface area contributed by atoms with Gasteiger partial charge in [-0.2, -0.15) is 5.26 Å². The van der Waals surface area contributed by atoms with Gasteiger partial charge < -0.3 is 5.32 Å². The Bertz CT molecular complexity index is 1230. The van der Waals surface area contributed by atoms with Gasteiger partial charge in [-0.05, 0) is 48.6 Å². The number of fused-ring (bicyclic) bond motifs is 1. The van der Waals surface area contributed by atoms with Crippen molar-refractivity contribution in [1.82, 2.24) is 19.9 Å². The Kier molecular flexibility index (Phi) is 5.72. The van der Waals surface area contributed by atoms with Gasteiger partial charge in [-0.3, -0.25) is 14.8 Å². The van der Waals surface area contributed by atoms with E-state index in [1.807, 2.05) is 36.6 Å². The quantitative estimate of drug-likeness (QED) is 0.448. The summed E-state index contributed by atoms with van der Waals surface area (Å²) in [5.41, 5.74) is 3.35. The lowest BCUT2D eigenvalue weighted by molar-refractivity contribution is 0.0980. The van der Waals surface area contributed by atoms with Crippen LogP contribution in [0.15, 0.2) is 54.3 Å². The molecule has 4 aromatic heterocycles. The van der Waals surface area contributed by atoms with Crippen molar-refractivity contribution >= 4 is 33.3 Å². The first-order valence-corrected chi connectivity index (χ1v) is 10.3. The number of aromatic nitrogens is 4. The van der Waals surface area contributed by atoms with E-state index in [0.29, 0.717) is 23.6 Å². The van der Waals surface area contributed by atoms with Gasteiger partial charge >= 0.3 is 0 Å². The number of nitrogens with one attached hydrogen (secondary N) is 1. The van der Waals surface area contributed by atoms with Crippen LogP contribution in [0.4, 0.5) is 5.95 Å². The molecule has 0 aliphatic heterocycles. The largest absolute Gasteiger partial charge is 0.346 e. The van der Waals surface area contributed by atoms with Gasteiger partial charge in [0.2, 0.25) is 5.95 Å². The maximum absolute atomic E-state index is 13.0. The molecule has 0 aliphatic rings. The van der Waals surface area contributed by atoms with Gasteiger partial charge in [-0.1, -0.05) is 6.07 Å². The Morgan fingerprint density at radius 2 is 2.17 bits per heavy atom.